The van der Waals surface area contributed by atoms with Crippen molar-refractivity contribution in [1.29, 1.82) is 0 Å². The third-order valence-electron chi connectivity index (χ3n) is 3.16. The Kier molecular flexibility index (Phi) is 2.16. The van der Waals surface area contributed by atoms with Crippen molar-refractivity contribution in [1.82, 2.24) is 19.5 Å². The minimum atomic E-state index is 0.909. The molecule has 92 valence electrons. The average Bonchev–Trinajstić information content (AvgIpc) is 3.01. The molecule has 0 radical (unpaired) electrons. The van der Waals surface area contributed by atoms with Crippen LogP contribution < -0.4 is 0 Å². The Hall–Kier alpha value is -2.27. The fourth-order valence-electron chi connectivity index (χ4n) is 2.35. The van der Waals surface area contributed by atoms with Gasteiger partial charge in [0.05, 0.1) is 21.3 Å². The zero-order chi connectivity index (χ0) is 12.8. The van der Waals surface area contributed by atoms with Crippen LogP contribution in [0.3, 0.4) is 0 Å². The summed E-state index contributed by atoms with van der Waals surface area (Å²) in [7, 11) is 0. The van der Waals surface area contributed by atoms with Gasteiger partial charge < -0.3 is 0 Å². The second kappa shape index (κ2) is 3.86. The Labute approximate surface area is 113 Å². The van der Waals surface area contributed by atoms with E-state index in [-0.39, 0.29) is 0 Å². The summed E-state index contributed by atoms with van der Waals surface area (Å²) in [4.78, 5) is 13.3. The van der Waals surface area contributed by atoms with E-state index >= 15 is 0 Å². The maximum Gasteiger partial charge on any atom is 0.160 e. The molecule has 0 fully saturated rings. The molecule has 5 heteroatoms. The van der Waals surface area contributed by atoms with E-state index < -0.39 is 0 Å². The third-order valence-corrected chi connectivity index (χ3v) is 4.06. The van der Waals surface area contributed by atoms with Crippen LogP contribution in [-0.4, -0.2) is 19.5 Å². The lowest BCUT2D eigenvalue weighted by Gasteiger charge is -2.06. The van der Waals surface area contributed by atoms with Crippen LogP contribution in [-0.2, 0) is 0 Å². The largest absolute Gasteiger partial charge is 0.279 e. The summed E-state index contributed by atoms with van der Waals surface area (Å²) >= 11 is 1.66. The van der Waals surface area contributed by atoms with E-state index in [1.54, 1.807) is 17.7 Å². The smallest absolute Gasteiger partial charge is 0.160 e. The standard InChI is InChI=1S/C14H10N4S/c1-9-17-10-4-2-3-5-12(10)18(9)14-13-11(6-7-19-13)15-8-16-14/h2-8H,1H3. The molecule has 0 N–H and O–H groups in total. The van der Waals surface area contributed by atoms with Crippen LogP contribution in [0.1, 0.15) is 5.82 Å². The topological polar surface area (TPSA) is 43.6 Å². The number of aryl methyl sites for hydroxylation is 1. The highest BCUT2D eigenvalue weighted by atomic mass is 32.1. The molecule has 0 atom stereocenters. The monoisotopic (exact) mass is 266 g/mol. The quantitative estimate of drug-likeness (QED) is 0.530. The molecule has 3 aromatic heterocycles. The van der Waals surface area contributed by atoms with Gasteiger partial charge in [0.1, 0.15) is 12.2 Å². The SMILES string of the molecule is Cc1nc2ccccc2n1-c1ncnc2ccsc12. The molecule has 4 aromatic rings. The molecule has 3 heterocycles. The fraction of sp³-hybridized carbons (Fsp3) is 0.0714. The summed E-state index contributed by atoms with van der Waals surface area (Å²) in [6, 6.07) is 10.1. The van der Waals surface area contributed by atoms with Gasteiger partial charge in [-0.3, -0.25) is 4.57 Å². The molecule has 0 aliphatic rings. The molecule has 0 saturated heterocycles. The van der Waals surface area contributed by atoms with Crippen LogP contribution in [0.4, 0.5) is 0 Å². The van der Waals surface area contributed by atoms with Crippen molar-refractivity contribution in [3.05, 3.63) is 47.9 Å². The number of rotatable bonds is 1. The van der Waals surface area contributed by atoms with E-state index in [4.69, 9.17) is 0 Å². The normalized spacial score (nSPS) is 11.4. The van der Waals surface area contributed by atoms with E-state index in [0.29, 0.717) is 0 Å². The summed E-state index contributed by atoms with van der Waals surface area (Å²) in [6.45, 7) is 2.00. The third kappa shape index (κ3) is 1.48. The number of fused-ring (bicyclic) bond motifs is 2. The Balaban J connectivity index is 2.15. The van der Waals surface area contributed by atoms with Crippen molar-refractivity contribution in [2.45, 2.75) is 6.92 Å². The van der Waals surface area contributed by atoms with Gasteiger partial charge in [-0.1, -0.05) is 12.1 Å². The number of imidazole rings is 1. The zero-order valence-corrected chi connectivity index (χ0v) is 11.1. The predicted octanol–water partition coefficient (Wildman–Crippen LogP) is 3.34. The molecule has 4 rings (SSSR count). The summed E-state index contributed by atoms with van der Waals surface area (Å²) in [6.07, 6.45) is 1.61. The first kappa shape index (κ1) is 10.6. The fourth-order valence-corrected chi connectivity index (χ4v) is 3.17. The molecule has 0 saturated carbocycles. The van der Waals surface area contributed by atoms with Gasteiger partial charge in [-0.15, -0.1) is 11.3 Å². The van der Waals surface area contributed by atoms with Gasteiger partial charge in [-0.05, 0) is 30.5 Å². The number of hydrogen-bond donors (Lipinski definition) is 0. The van der Waals surface area contributed by atoms with Gasteiger partial charge in [0.15, 0.2) is 5.82 Å². The van der Waals surface area contributed by atoms with Crippen molar-refractivity contribution in [2.75, 3.05) is 0 Å². The number of thiophene rings is 1. The Morgan fingerprint density at radius 2 is 1.95 bits per heavy atom. The van der Waals surface area contributed by atoms with Crippen LogP contribution in [0.15, 0.2) is 42.0 Å². The molecule has 0 aliphatic carbocycles. The minimum Gasteiger partial charge on any atom is -0.279 e. The number of hydrogen-bond acceptors (Lipinski definition) is 4. The maximum atomic E-state index is 4.59. The Morgan fingerprint density at radius 3 is 2.89 bits per heavy atom. The van der Waals surface area contributed by atoms with Crippen molar-refractivity contribution < 1.29 is 0 Å². The average molecular weight is 266 g/mol. The van der Waals surface area contributed by atoms with Crippen molar-refractivity contribution in [3.8, 4) is 5.82 Å². The number of aromatic nitrogens is 4. The number of para-hydroxylation sites is 2. The first-order valence-corrected chi connectivity index (χ1v) is 6.85. The molecule has 0 spiro atoms. The minimum absolute atomic E-state index is 0.909. The lowest BCUT2D eigenvalue weighted by molar-refractivity contribution is 0.961. The lowest BCUT2D eigenvalue weighted by Crippen LogP contribution is -2.00. The van der Waals surface area contributed by atoms with Crippen LogP contribution >= 0.6 is 11.3 Å². The van der Waals surface area contributed by atoms with E-state index in [9.17, 15) is 0 Å². The van der Waals surface area contributed by atoms with E-state index in [2.05, 4.69) is 25.6 Å². The van der Waals surface area contributed by atoms with E-state index in [0.717, 1.165) is 32.9 Å². The van der Waals surface area contributed by atoms with Crippen molar-refractivity contribution in [2.24, 2.45) is 0 Å². The summed E-state index contributed by atoms with van der Waals surface area (Å²) in [5.41, 5.74) is 3.05. The van der Waals surface area contributed by atoms with Gasteiger partial charge in [-0.25, -0.2) is 15.0 Å². The second-order valence-corrected chi connectivity index (χ2v) is 5.23. The summed E-state index contributed by atoms with van der Waals surface area (Å²) in [5, 5.41) is 2.04. The Bertz CT molecular complexity index is 891. The molecule has 0 aliphatic heterocycles. The zero-order valence-electron chi connectivity index (χ0n) is 10.2. The van der Waals surface area contributed by atoms with E-state index in [1.165, 1.54) is 0 Å². The first-order chi connectivity index (χ1) is 9.34. The molecular weight excluding hydrogens is 256 g/mol. The van der Waals surface area contributed by atoms with E-state index in [1.807, 2.05) is 36.6 Å². The molecule has 0 bridgehead atoms. The van der Waals surface area contributed by atoms with Crippen molar-refractivity contribution in [3.63, 3.8) is 0 Å². The molecule has 19 heavy (non-hydrogen) atoms. The van der Waals surface area contributed by atoms with Gasteiger partial charge in [0.25, 0.3) is 0 Å². The van der Waals surface area contributed by atoms with Crippen molar-refractivity contribution >= 4 is 32.6 Å². The van der Waals surface area contributed by atoms with Gasteiger partial charge in [-0.2, -0.15) is 0 Å². The highest BCUT2D eigenvalue weighted by Crippen LogP contribution is 2.27. The molecule has 1 aromatic carbocycles. The number of benzene rings is 1. The summed E-state index contributed by atoms with van der Waals surface area (Å²) in [5.74, 6) is 1.85. The van der Waals surface area contributed by atoms with Crippen LogP contribution in [0.2, 0.25) is 0 Å². The highest BCUT2D eigenvalue weighted by Gasteiger charge is 2.13. The lowest BCUT2D eigenvalue weighted by atomic mass is 10.3. The maximum absolute atomic E-state index is 4.59. The number of nitrogens with zero attached hydrogens (tertiary/aromatic N) is 4. The van der Waals surface area contributed by atoms with Crippen LogP contribution in [0.25, 0.3) is 27.1 Å². The predicted molar refractivity (Wildman–Crippen MR) is 76.8 cm³/mol. The van der Waals surface area contributed by atoms with Crippen LogP contribution in [0.5, 0.6) is 0 Å². The summed E-state index contributed by atoms with van der Waals surface area (Å²) < 4.78 is 3.18. The van der Waals surface area contributed by atoms with Gasteiger partial charge >= 0.3 is 0 Å². The first-order valence-electron chi connectivity index (χ1n) is 5.97. The molecule has 4 nitrogen and oxygen atoms in total. The van der Waals surface area contributed by atoms with Gasteiger partial charge in [0.2, 0.25) is 0 Å². The van der Waals surface area contributed by atoms with Crippen LogP contribution in [0, 0.1) is 6.92 Å². The second-order valence-electron chi connectivity index (χ2n) is 4.32. The molecule has 0 unspecified atom stereocenters. The Morgan fingerprint density at radius 1 is 1.05 bits per heavy atom. The molecule has 0 amide bonds. The molecular formula is C14H10N4S. The van der Waals surface area contributed by atoms with Gasteiger partial charge in [0, 0.05) is 0 Å². The highest BCUT2D eigenvalue weighted by molar-refractivity contribution is 7.17.